The molecule has 0 amide bonds. The minimum atomic E-state index is -1.16. The molecule has 1 N–H and O–H groups in total. The Labute approximate surface area is 118 Å². The molecule has 4 nitrogen and oxygen atoms in total. The van der Waals surface area contributed by atoms with Gasteiger partial charge in [0.15, 0.2) is 0 Å². The molecule has 0 heterocycles. The van der Waals surface area contributed by atoms with Gasteiger partial charge in [-0.25, -0.2) is 9.18 Å². The summed E-state index contributed by atoms with van der Waals surface area (Å²) in [5, 5.41) is 17.7. The molecule has 0 aliphatic carbocycles. The Morgan fingerprint density at radius 2 is 2.10 bits per heavy atom. The lowest BCUT2D eigenvalue weighted by molar-refractivity contribution is 0.0697. The van der Waals surface area contributed by atoms with Crippen LogP contribution in [-0.4, -0.2) is 11.1 Å². The second-order valence-corrected chi connectivity index (χ2v) is 4.18. The molecule has 0 aliphatic rings. The maximum Gasteiger partial charge on any atom is 0.337 e. The Balaban J connectivity index is 2.37. The van der Waals surface area contributed by atoms with E-state index in [0.717, 1.165) is 6.07 Å². The first-order valence-electron chi connectivity index (χ1n) is 5.42. The highest BCUT2D eigenvalue weighted by atomic mass is 35.5. The van der Waals surface area contributed by atoms with Gasteiger partial charge in [-0.05, 0) is 24.3 Å². The van der Waals surface area contributed by atoms with Gasteiger partial charge in [0.2, 0.25) is 0 Å². The largest absolute Gasteiger partial charge is 0.478 e. The van der Waals surface area contributed by atoms with Crippen LogP contribution < -0.4 is 4.74 Å². The summed E-state index contributed by atoms with van der Waals surface area (Å²) in [6.45, 7) is 0. The highest BCUT2D eigenvalue weighted by molar-refractivity contribution is 6.33. The molecule has 0 spiro atoms. The maximum atomic E-state index is 13.4. The molecule has 0 unspecified atom stereocenters. The number of nitrogens with zero attached hydrogens (tertiary/aromatic N) is 1. The minimum absolute atomic E-state index is 0.00934. The van der Waals surface area contributed by atoms with Crippen LogP contribution in [0.1, 0.15) is 15.9 Å². The summed E-state index contributed by atoms with van der Waals surface area (Å²) >= 11 is 5.80. The van der Waals surface area contributed by atoms with E-state index in [4.69, 9.17) is 26.7 Å². The summed E-state index contributed by atoms with van der Waals surface area (Å²) in [6.07, 6.45) is 0. The summed E-state index contributed by atoms with van der Waals surface area (Å²) in [4.78, 5) is 10.8. The Kier molecular flexibility index (Phi) is 3.87. The third kappa shape index (κ3) is 2.71. The summed E-state index contributed by atoms with van der Waals surface area (Å²) in [7, 11) is 0. The molecular formula is C14H7ClFNO3. The molecule has 0 saturated carbocycles. The van der Waals surface area contributed by atoms with E-state index in [2.05, 4.69) is 0 Å². The predicted octanol–water partition coefficient (Wildman–Crippen LogP) is 3.84. The van der Waals surface area contributed by atoms with Crippen LogP contribution in [0.15, 0.2) is 36.4 Å². The van der Waals surface area contributed by atoms with Gasteiger partial charge in [0, 0.05) is 6.07 Å². The number of benzene rings is 2. The fraction of sp³-hybridized carbons (Fsp3) is 0. The van der Waals surface area contributed by atoms with Crippen molar-refractivity contribution in [3.8, 4) is 17.6 Å². The molecule has 100 valence electrons. The molecule has 20 heavy (non-hydrogen) atoms. The SMILES string of the molecule is N#Cc1c(F)cccc1Oc1ccc(C(=O)O)c(Cl)c1. The number of hydrogen-bond donors (Lipinski definition) is 1. The van der Waals surface area contributed by atoms with Gasteiger partial charge in [-0.2, -0.15) is 5.26 Å². The number of carboxylic acids is 1. The quantitative estimate of drug-likeness (QED) is 0.932. The smallest absolute Gasteiger partial charge is 0.337 e. The zero-order valence-corrected chi connectivity index (χ0v) is 10.7. The topological polar surface area (TPSA) is 70.3 Å². The fourth-order valence-corrected chi connectivity index (χ4v) is 1.81. The van der Waals surface area contributed by atoms with Crippen LogP contribution in [0, 0.1) is 17.1 Å². The van der Waals surface area contributed by atoms with Crippen molar-refractivity contribution >= 4 is 17.6 Å². The van der Waals surface area contributed by atoms with E-state index in [9.17, 15) is 9.18 Å². The van der Waals surface area contributed by atoms with E-state index in [0.29, 0.717) is 0 Å². The summed E-state index contributed by atoms with van der Waals surface area (Å²) in [5.41, 5.74) is -0.301. The van der Waals surface area contributed by atoms with Crippen LogP contribution >= 0.6 is 11.6 Å². The van der Waals surface area contributed by atoms with Crippen LogP contribution in [0.2, 0.25) is 5.02 Å². The highest BCUT2D eigenvalue weighted by Crippen LogP contribution is 2.29. The van der Waals surface area contributed by atoms with Crippen molar-refractivity contribution in [3.63, 3.8) is 0 Å². The third-order valence-electron chi connectivity index (χ3n) is 2.49. The van der Waals surface area contributed by atoms with Gasteiger partial charge in [-0.15, -0.1) is 0 Å². The molecule has 2 aromatic carbocycles. The monoisotopic (exact) mass is 291 g/mol. The zero-order chi connectivity index (χ0) is 14.7. The summed E-state index contributed by atoms with van der Waals surface area (Å²) in [5.74, 6) is -1.61. The van der Waals surface area contributed by atoms with E-state index in [-0.39, 0.29) is 27.6 Å². The number of hydrogen-bond acceptors (Lipinski definition) is 3. The molecule has 0 bridgehead atoms. The summed E-state index contributed by atoms with van der Waals surface area (Å²) in [6, 6.07) is 9.61. The number of rotatable bonds is 3. The van der Waals surface area contributed by atoms with Crippen molar-refractivity contribution < 1.29 is 19.0 Å². The lowest BCUT2D eigenvalue weighted by Crippen LogP contribution is -1.98. The van der Waals surface area contributed by atoms with Crippen molar-refractivity contribution in [1.82, 2.24) is 0 Å². The van der Waals surface area contributed by atoms with Crippen LogP contribution in [0.5, 0.6) is 11.5 Å². The van der Waals surface area contributed by atoms with Gasteiger partial charge in [0.1, 0.15) is 28.9 Å². The molecule has 0 saturated heterocycles. The Morgan fingerprint density at radius 1 is 1.35 bits per heavy atom. The molecule has 2 aromatic rings. The molecular weight excluding hydrogens is 285 g/mol. The van der Waals surface area contributed by atoms with Gasteiger partial charge < -0.3 is 9.84 Å². The Bertz CT molecular complexity index is 725. The average molecular weight is 292 g/mol. The zero-order valence-electron chi connectivity index (χ0n) is 9.93. The van der Waals surface area contributed by atoms with Crippen LogP contribution in [-0.2, 0) is 0 Å². The van der Waals surface area contributed by atoms with E-state index in [1.54, 1.807) is 6.07 Å². The molecule has 0 fully saturated rings. The minimum Gasteiger partial charge on any atom is -0.478 e. The second-order valence-electron chi connectivity index (χ2n) is 3.77. The number of nitriles is 1. The van der Waals surface area contributed by atoms with E-state index >= 15 is 0 Å². The normalized spacial score (nSPS) is 9.85. The van der Waals surface area contributed by atoms with Gasteiger partial charge in [-0.1, -0.05) is 17.7 Å². The van der Waals surface area contributed by atoms with Crippen molar-refractivity contribution in [1.29, 1.82) is 5.26 Å². The number of carboxylic acid groups (broad SMARTS) is 1. The van der Waals surface area contributed by atoms with E-state index in [1.165, 1.54) is 30.3 Å². The molecule has 6 heteroatoms. The van der Waals surface area contributed by atoms with Gasteiger partial charge in [0.25, 0.3) is 0 Å². The first-order valence-corrected chi connectivity index (χ1v) is 5.80. The van der Waals surface area contributed by atoms with E-state index in [1.807, 2.05) is 0 Å². The summed E-state index contributed by atoms with van der Waals surface area (Å²) < 4.78 is 18.8. The molecule has 0 aliphatic heterocycles. The second kappa shape index (κ2) is 5.59. The first-order chi connectivity index (χ1) is 9.52. The van der Waals surface area contributed by atoms with E-state index < -0.39 is 11.8 Å². The van der Waals surface area contributed by atoms with Crippen molar-refractivity contribution in [3.05, 3.63) is 58.4 Å². The first kappa shape index (κ1) is 13.8. The van der Waals surface area contributed by atoms with Gasteiger partial charge >= 0.3 is 5.97 Å². The van der Waals surface area contributed by atoms with Gasteiger partial charge in [-0.3, -0.25) is 0 Å². The molecule has 0 aromatic heterocycles. The van der Waals surface area contributed by atoms with Crippen molar-refractivity contribution in [2.45, 2.75) is 0 Å². The van der Waals surface area contributed by atoms with Crippen molar-refractivity contribution in [2.24, 2.45) is 0 Å². The maximum absolute atomic E-state index is 13.4. The van der Waals surface area contributed by atoms with Crippen LogP contribution in [0.4, 0.5) is 4.39 Å². The van der Waals surface area contributed by atoms with Crippen molar-refractivity contribution in [2.75, 3.05) is 0 Å². The number of ether oxygens (including phenoxy) is 1. The Morgan fingerprint density at radius 3 is 2.70 bits per heavy atom. The number of carbonyl (C=O) groups is 1. The fourth-order valence-electron chi connectivity index (χ4n) is 1.56. The molecule has 0 radical (unpaired) electrons. The van der Waals surface area contributed by atoms with Gasteiger partial charge in [0.05, 0.1) is 10.6 Å². The molecule has 0 atom stereocenters. The number of aromatic carboxylic acids is 1. The lowest BCUT2D eigenvalue weighted by Gasteiger charge is -2.08. The standard InChI is InChI=1S/C14H7ClFNO3/c15-11-6-8(4-5-9(11)14(18)19)20-13-3-1-2-12(16)10(13)7-17/h1-6H,(H,18,19). The van der Waals surface area contributed by atoms with Crippen LogP contribution in [0.25, 0.3) is 0 Å². The Hall–Kier alpha value is -2.58. The predicted molar refractivity (Wildman–Crippen MR) is 69.6 cm³/mol. The average Bonchev–Trinajstić information content (AvgIpc) is 2.38. The lowest BCUT2D eigenvalue weighted by atomic mass is 10.2. The van der Waals surface area contributed by atoms with Crippen LogP contribution in [0.3, 0.4) is 0 Å². The number of halogens is 2. The third-order valence-corrected chi connectivity index (χ3v) is 2.80. The molecule has 2 rings (SSSR count). The highest BCUT2D eigenvalue weighted by Gasteiger charge is 2.12.